The second kappa shape index (κ2) is 5.00. The quantitative estimate of drug-likeness (QED) is 0.937. The van der Waals surface area contributed by atoms with Crippen molar-refractivity contribution in [1.82, 2.24) is 0 Å². The highest BCUT2D eigenvalue weighted by Gasteiger charge is 2.15. The second-order valence-electron chi connectivity index (χ2n) is 3.90. The topological polar surface area (TPSA) is 46.2 Å². The molecule has 94 valence electrons. The monoisotopic (exact) mass is 281 g/mol. The van der Waals surface area contributed by atoms with Crippen molar-refractivity contribution < 1.29 is 8.42 Å². The Bertz CT molecular complexity index is 668. The zero-order valence-corrected chi connectivity index (χ0v) is 11.3. The molecule has 0 bridgehead atoms. The van der Waals surface area contributed by atoms with Crippen molar-refractivity contribution in [3.63, 3.8) is 0 Å². The van der Waals surface area contributed by atoms with E-state index in [1.54, 1.807) is 42.5 Å². The summed E-state index contributed by atoms with van der Waals surface area (Å²) in [5, 5.41) is 0.369. The Kier molecular flexibility index (Phi) is 3.59. The summed E-state index contributed by atoms with van der Waals surface area (Å²) >= 11 is 5.92. The molecule has 0 saturated carbocycles. The van der Waals surface area contributed by atoms with Crippen LogP contribution in [0.5, 0.6) is 0 Å². The first-order valence-corrected chi connectivity index (χ1v) is 7.19. The Labute approximate surface area is 111 Å². The minimum atomic E-state index is -3.59. The zero-order valence-electron chi connectivity index (χ0n) is 9.72. The van der Waals surface area contributed by atoms with E-state index in [0.29, 0.717) is 10.7 Å². The van der Waals surface area contributed by atoms with E-state index in [1.165, 1.54) is 0 Å². The number of halogens is 1. The molecule has 0 radical (unpaired) electrons. The number of hydrogen-bond acceptors (Lipinski definition) is 2. The molecule has 0 aromatic heterocycles. The van der Waals surface area contributed by atoms with Gasteiger partial charge in [0.25, 0.3) is 10.0 Å². The molecule has 1 N–H and O–H groups in total. The standard InChI is InChI=1S/C13H12ClNO2S/c1-10-5-4-6-11(9-10)18(16,17)15-13-8-3-2-7-12(13)14/h2-9,15H,1H3. The van der Waals surface area contributed by atoms with Crippen LogP contribution in [0.4, 0.5) is 5.69 Å². The van der Waals surface area contributed by atoms with E-state index in [2.05, 4.69) is 4.72 Å². The molecule has 0 aliphatic rings. The SMILES string of the molecule is Cc1cccc(S(=O)(=O)Nc2ccccc2Cl)c1. The first kappa shape index (κ1) is 12.9. The summed E-state index contributed by atoms with van der Waals surface area (Å²) in [5.41, 5.74) is 1.26. The maximum atomic E-state index is 12.1. The predicted molar refractivity (Wildman–Crippen MR) is 73.4 cm³/mol. The molecule has 3 nitrogen and oxygen atoms in total. The van der Waals surface area contributed by atoms with Crippen LogP contribution in [0.1, 0.15) is 5.56 Å². The Morgan fingerprint density at radius 2 is 1.78 bits per heavy atom. The van der Waals surface area contributed by atoms with Crippen LogP contribution in [0.3, 0.4) is 0 Å². The molecule has 5 heteroatoms. The van der Waals surface area contributed by atoms with Gasteiger partial charge in [-0.05, 0) is 36.8 Å². The minimum absolute atomic E-state index is 0.224. The van der Waals surface area contributed by atoms with Gasteiger partial charge in [0.2, 0.25) is 0 Å². The summed E-state index contributed by atoms with van der Waals surface area (Å²) in [6.45, 7) is 1.84. The summed E-state index contributed by atoms with van der Waals surface area (Å²) in [5.74, 6) is 0. The van der Waals surface area contributed by atoms with Crippen LogP contribution in [-0.4, -0.2) is 8.42 Å². The van der Waals surface area contributed by atoms with Gasteiger partial charge in [0.15, 0.2) is 0 Å². The number of para-hydroxylation sites is 1. The number of aryl methyl sites for hydroxylation is 1. The molecular formula is C13H12ClNO2S. The van der Waals surface area contributed by atoms with Gasteiger partial charge in [-0.25, -0.2) is 8.42 Å². The first-order valence-electron chi connectivity index (χ1n) is 5.33. The lowest BCUT2D eigenvalue weighted by Gasteiger charge is -2.09. The molecule has 0 amide bonds. The number of anilines is 1. The van der Waals surface area contributed by atoms with Crippen molar-refractivity contribution in [3.05, 3.63) is 59.1 Å². The van der Waals surface area contributed by atoms with Crippen molar-refractivity contribution in [1.29, 1.82) is 0 Å². The van der Waals surface area contributed by atoms with Crippen molar-refractivity contribution in [2.75, 3.05) is 4.72 Å². The van der Waals surface area contributed by atoms with Crippen LogP contribution in [0.25, 0.3) is 0 Å². The molecule has 0 saturated heterocycles. The van der Waals surface area contributed by atoms with Gasteiger partial charge in [-0.1, -0.05) is 35.9 Å². The lowest BCUT2D eigenvalue weighted by Crippen LogP contribution is -2.13. The Morgan fingerprint density at radius 3 is 2.44 bits per heavy atom. The summed E-state index contributed by atoms with van der Waals surface area (Å²) in [6.07, 6.45) is 0. The van der Waals surface area contributed by atoms with Crippen molar-refractivity contribution >= 4 is 27.3 Å². The smallest absolute Gasteiger partial charge is 0.261 e. The number of nitrogens with one attached hydrogen (secondary N) is 1. The normalized spacial score (nSPS) is 11.2. The highest BCUT2D eigenvalue weighted by molar-refractivity contribution is 7.92. The highest BCUT2D eigenvalue weighted by atomic mass is 35.5. The van der Waals surface area contributed by atoms with E-state index in [-0.39, 0.29) is 4.90 Å². The first-order chi connectivity index (χ1) is 8.49. The maximum Gasteiger partial charge on any atom is 0.261 e. The van der Waals surface area contributed by atoms with Crippen LogP contribution < -0.4 is 4.72 Å². The zero-order chi connectivity index (χ0) is 13.2. The summed E-state index contributed by atoms with van der Waals surface area (Å²) in [6, 6.07) is 13.4. The van der Waals surface area contributed by atoms with Crippen LogP contribution in [0, 0.1) is 6.92 Å². The molecule has 18 heavy (non-hydrogen) atoms. The predicted octanol–water partition coefficient (Wildman–Crippen LogP) is 3.45. The number of sulfonamides is 1. The number of hydrogen-bond donors (Lipinski definition) is 1. The van der Waals surface area contributed by atoms with Crippen LogP contribution in [-0.2, 0) is 10.0 Å². The average Bonchev–Trinajstić information content (AvgIpc) is 2.32. The van der Waals surface area contributed by atoms with Gasteiger partial charge >= 0.3 is 0 Å². The van der Waals surface area contributed by atoms with E-state index in [4.69, 9.17) is 11.6 Å². The van der Waals surface area contributed by atoms with Gasteiger partial charge in [-0.3, -0.25) is 4.72 Å². The maximum absolute atomic E-state index is 12.1. The van der Waals surface area contributed by atoms with Gasteiger partial charge < -0.3 is 0 Å². The van der Waals surface area contributed by atoms with Gasteiger partial charge in [0, 0.05) is 0 Å². The summed E-state index contributed by atoms with van der Waals surface area (Å²) < 4.78 is 26.7. The molecule has 0 spiro atoms. The fourth-order valence-corrected chi connectivity index (χ4v) is 2.95. The Balaban J connectivity index is 2.37. The average molecular weight is 282 g/mol. The molecule has 0 unspecified atom stereocenters. The molecule has 2 aromatic carbocycles. The highest BCUT2D eigenvalue weighted by Crippen LogP contribution is 2.24. The molecule has 0 aliphatic heterocycles. The Hall–Kier alpha value is -1.52. The minimum Gasteiger partial charge on any atom is -0.278 e. The second-order valence-corrected chi connectivity index (χ2v) is 5.99. The van der Waals surface area contributed by atoms with Crippen LogP contribution in [0.15, 0.2) is 53.4 Å². The molecule has 0 aliphatic carbocycles. The molecule has 0 atom stereocenters. The molecular weight excluding hydrogens is 270 g/mol. The van der Waals surface area contributed by atoms with Gasteiger partial charge in [0.05, 0.1) is 15.6 Å². The fraction of sp³-hybridized carbons (Fsp3) is 0.0769. The lowest BCUT2D eigenvalue weighted by atomic mass is 10.2. The summed E-state index contributed by atoms with van der Waals surface area (Å²) in [4.78, 5) is 0.224. The van der Waals surface area contributed by atoms with Crippen LogP contribution in [0.2, 0.25) is 5.02 Å². The largest absolute Gasteiger partial charge is 0.278 e. The van der Waals surface area contributed by atoms with E-state index >= 15 is 0 Å². The summed E-state index contributed by atoms with van der Waals surface area (Å²) in [7, 11) is -3.59. The molecule has 2 aromatic rings. The molecule has 2 rings (SSSR count). The third kappa shape index (κ3) is 2.83. The van der Waals surface area contributed by atoms with Crippen LogP contribution >= 0.6 is 11.6 Å². The van der Waals surface area contributed by atoms with E-state index in [0.717, 1.165) is 5.56 Å². The lowest BCUT2D eigenvalue weighted by molar-refractivity contribution is 0.601. The van der Waals surface area contributed by atoms with Crippen molar-refractivity contribution in [2.24, 2.45) is 0 Å². The van der Waals surface area contributed by atoms with E-state index < -0.39 is 10.0 Å². The fourth-order valence-electron chi connectivity index (χ4n) is 1.53. The number of rotatable bonds is 3. The van der Waals surface area contributed by atoms with Crippen molar-refractivity contribution in [3.8, 4) is 0 Å². The van der Waals surface area contributed by atoms with E-state index in [1.807, 2.05) is 13.0 Å². The van der Waals surface area contributed by atoms with Crippen molar-refractivity contribution in [2.45, 2.75) is 11.8 Å². The molecule has 0 fully saturated rings. The molecule has 0 heterocycles. The number of benzene rings is 2. The van der Waals surface area contributed by atoms with E-state index in [9.17, 15) is 8.42 Å². The third-order valence-corrected chi connectivity index (χ3v) is 4.11. The van der Waals surface area contributed by atoms with Gasteiger partial charge in [-0.15, -0.1) is 0 Å². The van der Waals surface area contributed by atoms with Gasteiger partial charge in [-0.2, -0.15) is 0 Å². The Morgan fingerprint density at radius 1 is 1.06 bits per heavy atom. The van der Waals surface area contributed by atoms with Gasteiger partial charge in [0.1, 0.15) is 0 Å². The third-order valence-electron chi connectivity index (χ3n) is 2.42.